The lowest BCUT2D eigenvalue weighted by Crippen LogP contribution is -2.48. The zero-order valence-electron chi connectivity index (χ0n) is 23.2. The first kappa shape index (κ1) is 31.3. The lowest BCUT2D eigenvalue weighted by molar-refractivity contribution is -0.122. The number of aromatic amines is 1. The smallest absolute Gasteiger partial charge is 0.290 e. The molecule has 0 unspecified atom stereocenters. The van der Waals surface area contributed by atoms with Gasteiger partial charge in [-0.05, 0) is 37.6 Å². The topological polar surface area (TPSA) is 174 Å². The van der Waals surface area contributed by atoms with Gasteiger partial charge in [0.05, 0.1) is 35.9 Å². The van der Waals surface area contributed by atoms with E-state index in [4.69, 9.17) is 21.5 Å². The van der Waals surface area contributed by atoms with Crippen LogP contribution in [-0.4, -0.2) is 94.3 Å². The Morgan fingerprint density at radius 1 is 1.17 bits per heavy atom. The summed E-state index contributed by atoms with van der Waals surface area (Å²) >= 11 is 7.57. The Hall–Kier alpha value is -3.63. The van der Waals surface area contributed by atoms with Crippen LogP contribution in [0.4, 0.5) is 11.4 Å². The molecule has 1 saturated heterocycles. The van der Waals surface area contributed by atoms with Gasteiger partial charge in [0.15, 0.2) is 5.15 Å². The van der Waals surface area contributed by atoms with Crippen molar-refractivity contribution < 1.29 is 23.1 Å². The van der Waals surface area contributed by atoms with E-state index in [9.17, 15) is 13.2 Å². The number of amides is 1. The van der Waals surface area contributed by atoms with Gasteiger partial charge in [-0.3, -0.25) is 29.2 Å². The van der Waals surface area contributed by atoms with Gasteiger partial charge in [-0.25, -0.2) is 18.4 Å². The highest BCUT2D eigenvalue weighted by Gasteiger charge is 2.21. The molecule has 0 aliphatic carbocycles. The van der Waals surface area contributed by atoms with Crippen LogP contribution in [0.5, 0.6) is 0 Å². The van der Waals surface area contributed by atoms with Crippen LogP contribution in [0.15, 0.2) is 36.0 Å². The minimum absolute atomic E-state index is 0.0291. The van der Waals surface area contributed by atoms with Crippen molar-refractivity contribution in [1.29, 1.82) is 0 Å². The maximum absolute atomic E-state index is 13.2. The van der Waals surface area contributed by atoms with Crippen molar-refractivity contribution in [2.24, 2.45) is 0 Å². The van der Waals surface area contributed by atoms with Crippen molar-refractivity contribution >= 4 is 67.6 Å². The molecule has 42 heavy (non-hydrogen) atoms. The Kier molecular flexibility index (Phi) is 10.1. The van der Waals surface area contributed by atoms with E-state index in [1.54, 1.807) is 23.7 Å². The summed E-state index contributed by atoms with van der Waals surface area (Å²) in [6.07, 6.45) is 4.21. The number of rotatable bonds is 8. The van der Waals surface area contributed by atoms with Crippen LogP contribution >= 0.6 is 22.9 Å². The second-order valence-electron chi connectivity index (χ2n) is 9.88. The highest BCUT2D eigenvalue weighted by atomic mass is 35.5. The normalized spacial score (nSPS) is 14.4. The molecule has 0 saturated carbocycles. The molecule has 0 spiro atoms. The van der Waals surface area contributed by atoms with Gasteiger partial charge in [0, 0.05) is 54.7 Å². The molecule has 0 atom stereocenters. The van der Waals surface area contributed by atoms with E-state index in [1.807, 2.05) is 6.07 Å². The molecule has 1 aliphatic heterocycles. The molecule has 5 rings (SSSR count). The van der Waals surface area contributed by atoms with Crippen molar-refractivity contribution in [3.05, 3.63) is 51.8 Å². The number of aromatic nitrogens is 4. The Balaban J connectivity index is 0.00000129. The van der Waals surface area contributed by atoms with E-state index in [-0.39, 0.29) is 23.2 Å². The number of benzene rings is 1. The predicted octanol–water partition coefficient (Wildman–Crippen LogP) is 3.59. The van der Waals surface area contributed by atoms with E-state index in [2.05, 4.69) is 53.9 Å². The van der Waals surface area contributed by atoms with Crippen LogP contribution in [0.2, 0.25) is 5.15 Å². The lowest BCUT2D eigenvalue weighted by Gasteiger charge is -2.36. The molecule has 4 N–H and O–H groups in total. The maximum Gasteiger partial charge on any atom is 0.290 e. The first-order valence-corrected chi connectivity index (χ1v) is 16.0. The largest absolute Gasteiger partial charge is 0.483 e. The predicted molar refractivity (Wildman–Crippen MR) is 164 cm³/mol. The number of carboxylic acid groups (broad SMARTS) is 1. The standard InChI is InChI=1S/C25H29ClN8O3S2.CH2O2/c1-15(2)34-6-4-33(5-7-34)13-23-29-22(14-38-23)25(35)30-19-8-16(9-20-18(19)12-28-31-20)17-10-21(24(26)27-11-17)32-39(3,36)37;2-1-3/h8-12,14-15,32H,4-7,13H2,1-3H3,(H,28,31)(H,30,35);1H,(H,2,3). The number of hydrogen-bond donors (Lipinski definition) is 4. The van der Waals surface area contributed by atoms with Crippen LogP contribution in [0, 0.1) is 0 Å². The lowest BCUT2D eigenvalue weighted by atomic mass is 10.0. The van der Waals surface area contributed by atoms with Gasteiger partial charge in [0.1, 0.15) is 10.7 Å². The van der Waals surface area contributed by atoms with Gasteiger partial charge in [-0.1, -0.05) is 11.6 Å². The molecule has 1 fully saturated rings. The summed E-state index contributed by atoms with van der Waals surface area (Å²) in [5.74, 6) is -0.324. The molecule has 224 valence electrons. The quantitative estimate of drug-likeness (QED) is 0.166. The van der Waals surface area contributed by atoms with E-state index >= 15 is 0 Å². The van der Waals surface area contributed by atoms with Crippen molar-refractivity contribution in [2.75, 3.05) is 42.5 Å². The minimum Gasteiger partial charge on any atom is -0.483 e. The first-order chi connectivity index (χ1) is 20.0. The number of carbonyl (C=O) groups excluding carboxylic acids is 1. The molecule has 0 bridgehead atoms. The Morgan fingerprint density at radius 3 is 2.52 bits per heavy atom. The summed E-state index contributed by atoms with van der Waals surface area (Å²) in [4.78, 5) is 35.1. The van der Waals surface area contributed by atoms with Crippen LogP contribution in [0.3, 0.4) is 0 Å². The number of hydrogen-bond acceptors (Lipinski definition) is 10. The molecule has 1 aliphatic rings. The van der Waals surface area contributed by atoms with Gasteiger partial charge >= 0.3 is 0 Å². The van der Waals surface area contributed by atoms with Crippen LogP contribution < -0.4 is 10.0 Å². The first-order valence-electron chi connectivity index (χ1n) is 12.9. The van der Waals surface area contributed by atoms with Crippen LogP contribution in [-0.2, 0) is 21.4 Å². The van der Waals surface area contributed by atoms with Crippen LogP contribution in [0.1, 0.15) is 29.3 Å². The number of thiazole rings is 1. The molecule has 4 aromatic rings. The molecule has 1 aromatic carbocycles. The summed E-state index contributed by atoms with van der Waals surface area (Å²) in [6.45, 7) is 8.92. The summed E-state index contributed by atoms with van der Waals surface area (Å²) in [5.41, 5.74) is 3.02. The summed E-state index contributed by atoms with van der Waals surface area (Å²) in [7, 11) is -3.55. The van der Waals surface area contributed by atoms with E-state index in [1.165, 1.54) is 17.5 Å². The number of pyridine rings is 1. The average Bonchev–Trinajstić information content (AvgIpc) is 3.60. The molecule has 3 aromatic heterocycles. The fourth-order valence-corrected chi connectivity index (χ4v) is 6.08. The molecular weight excluding hydrogens is 604 g/mol. The molecular formula is C26H31ClN8O5S2. The van der Waals surface area contributed by atoms with E-state index in [0.29, 0.717) is 34.1 Å². The number of H-pyrrole nitrogens is 1. The number of nitrogens with one attached hydrogen (secondary N) is 3. The number of fused-ring (bicyclic) bond motifs is 1. The zero-order valence-corrected chi connectivity index (χ0v) is 25.6. The summed E-state index contributed by atoms with van der Waals surface area (Å²) in [6, 6.07) is 5.76. The highest BCUT2D eigenvalue weighted by Crippen LogP contribution is 2.33. The number of piperazine rings is 1. The Labute approximate surface area is 252 Å². The molecule has 1 amide bonds. The van der Waals surface area contributed by atoms with Gasteiger partial charge in [-0.15, -0.1) is 11.3 Å². The molecule has 16 heteroatoms. The van der Waals surface area contributed by atoms with Crippen molar-refractivity contribution in [1.82, 2.24) is 30.0 Å². The van der Waals surface area contributed by atoms with Gasteiger partial charge < -0.3 is 10.4 Å². The Bertz CT molecular complexity index is 1670. The van der Waals surface area contributed by atoms with Gasteiger partial charge in [0.2, 0.25) is 10.0 Å². The van der Waals surface area contributed by atoms with Crippen molar-refractivity contribution in [3.8, 4) is 11.1 Å². The van der Waals surface area contributed by atoms with Gasteiger partial charge in [-0.2, -0.15) is 5.10 Å². The minimum atomic E-state index is -3.55. The van der Waals surface area contributed by atoms with Crippen LogP contribution in [0.25, 0.3) is 22.0 Å². The number of carbonyl (C=O) groups is 2. The number of sulfonamides is 1. The summed E-state index contributed by atoms with van der Waals surface area (Å²) < 4.78 is 25.8. The monoisotopic (exact) mass is 634 g/mol. The number of nitrogens with zero attached hydrogens (tertiary/aromatic N) is 5. The van der Waals surface area contributed by atoms with Crippen molar-refractivity contribution in [3.63, 3.8) is 0 Å². The molecule has 13 nitrogen and oxygen atoms in total. The summed E-state index contributed by atoms with van der Waals surface area (Å²) in [5, 5.41) is 20.3. The third-order valence-electron chi connectivity index (χ3n) is 6.56. The second kappa shape index (κ2) is 13.6. The molecule has 4 heterocycles. The average molecular weight is 635 g/mol. The fraction of sp³-hybridized carbons (Fsp3) is 0.346. The second-order valence-corrected chi connectivity index (χ2v) is 12.9. The van der Waals surface area contributed by atoms with E-state index < -0.39 is 10.0 Å². The molecule has 0 radical (unpaired) electrons. The van der Waals surface area contributed by atoms with Gasteiger partial charge in [0.25, 0.3) is 12.4 Å². The SMILES string of the molecule is CC(C)N1CCN(Cc2nc(C(=O)Nc3cc(-c4cnc(Cl)c(NS(C)(=O)=O)c4)cc4[nH]ncc34)cs2)CC1.O=CO. The third kappa shape index (κ3) is 8.01. The number of anilines is 2. The van der Waals surface area contributed by atoms with E-state index in [0.717, 1.165) is 49.4 Å². The maximum atomic E-state index is 13.2. The Morgan fingerprint density at radius 2 is 1.86 bits per heavy atom. The number of halogens is 1. The fourth-order valence-electron chi connectivity index (χ4n) is 4.50. The highest BCUT2D eigenvalue weighted by molar-refractivity contribution is 7.92. The third-order valence-corrected chi connectivity index (χ3v) is 8.28. The zero-order chi connectivity index (χ0) is 30.4. The van der Waals surface area contributed by atoms with Crippen molar-refractivity contribution in [2.45, 2.75) is 26.4 Å².